The maximum absolute atomic E-state index is 14.1. The Morgan fingerprint density at radius 3 is 2.68 bits per heavy atom. The minimum atomic E-state index is -0.172. The van der Waals surface area contributed by atoms with Gasteiger partial charge < -0.3 is 5.32 Å². The Balaban J connectivity index is 2.19. The van der Waals surface area contributed by atoms with Crippen LogP contribution in [0.5, 0.6) is 0 Å². The van der Waals surface area contributed by atoms with Crippen molar-refractivity contribution in [3.63, 3.8) is 0 Å². The molecule has 2 aromatic carbocycles. The maximum Gasteiger partial charge on any atom is 0.131 e. The zero-order valence-corrected chi connectivity index (χ0v) is 12.5. The van der Waals surface area contributed by atoms with Crippen molar-refractivity contribution in [1.82, 2.24) is 5.32 Å². The first-order valence-corrected chi connectivity index (χ1v) is 7.25. The van der Waals surface area contributed by atoms with Crippen LogP contribution in [-0.2, 0) is 6.54 Å². The Kier molecular flexibility index (Phi) is 5.11. The summed E-state index contributed by atoms with van der Waals surface area (Å²) in [6.45, 7) is 3.78. The Bertz CT molecular complexity index is 554. The van der Waals surface area contributed by atoms with Crippen molar-refractivity contribution in [3.8, 4) is 11.1 Å². The van der Waals surface area contributed by atoms with Gasteiger partial charge in [0.25, 0.3) is 0 Å². The van der Waals surface area contributed by atoms with Gasteiger partial charge in [0.1, 0.15) is 5.82 Å². The Hall–Kier alpha value is -1.19. The Labute approximate surface area is 122 Å². The average Bonchev–Trinajstić information content (AvgIpc) is 2.39. The van der Waals surface area contributed by atoms with E-state index in [2.05, 4.69) is 28.2 Å². The molecule has 0 amide bonds. The number of halogens is 2. The molecule has 0 bridgehead atoms. The summed E-state index contributed by atoms with van der Waals surface area (Å²) < 4.78 is 15.1. The van der Waals surface area contributed by atoms with E-state index >= 15 is 0 Å². The SMILES string of the molecule is CCCNCc1ccc(-c2cccc(Br)c2)c(F)c1. The second-order valence-electron chi connectivity index (χ2n) is 4.50. The van der Waals surface area contributed by atoms with E-state index in [-0.39, 0.29) is 5.82 Å². The monoisotopic (exact) mass is 321 g/mol. The van der Waals surface area contributed by atoms with Crippen molar-refractivity contribution in [1.29, 1.82) is 0 Å². The molecule has 0 spiro atoms. The predicted octanol–water partition coefficient (Wildman–Crippen LogP) is 4.75. The minimum Gasteiger partial charge on any atom is -0.313 e. The molecule has 0 saturated carbocycles. The van der Waals surface area contributed by atoms with Gasteiger partial charge in [0.2, 0.25) is 0 Å². The van der Waals surface area contributed by atoms with Gasteiger partial charge in [-0.25, -0.2) is 4.39 Å². The van der Waals surface area contributed by atoms with E-state index in [0.717, 1.165) is 28.6 Å². The van der Waals surface area contributed by atoms with Crippen LogP contribution in [-0.4, -0.2) is 6.54 Å². The summed E-state index contributed by atoms with van der Waals surface area (Å²) in [6.07, 6.45) is 1.08. The molecule has 1 nitrogen and oxygen atoms in total. The fourth-order valence-electron chi connectivity index (χ4n) is 1.97. The van der Waals surface area contributed by atoms with Crippen molar-refractivity contribution in [3.05, 3.63) is 58.3 Å². The summed E-state index contributed by atoms with van der Waals surface area (Å²) >= 11 is 3.41. The molecule has 1 N–H and O–H groups in total. The standard InChI is InChI=1S/C16H17BrFN/c1-2-8-19-11-12-6-7-15(16(18)9-12)13-4-3-5-14(17)10-13/h3-7,9-10,19H,2,8,11H2,1H3. The fraction of sp³-hybridized carbons (Fsp3) is 0.250. The summed E-state index contributed by atoms with van der Waals surface area (Å²) in [5.74, 6) is -0.172. The van der Waals surface area contributed by atoms with E-state index in [0.29, 0.717) is 12.1 Å². The van der Waals surface area contributed by atoms with Gasteiger partial charge in [-0.05, 0) is 42.3 Å². The molecular formula is C16H17BrFN. The first-order valence-electron chi connectivity index (χ1n) is 6.46. The first kappa shape index (κ1) is 14.2. The van der Waals surface area contributed by atoms with Crippen LogP contribution in [0.15, 0.2) is 46.9 Å². The highest BCUT2D eigenvalue weighted by Crippen LogP contribution is 2.26. The quantitative estimate of drug-likeness (QED) is 0.783. The molecule has 0 radical (unpaired) electrons. The Morgan fingerprint density at radius 1 is 1.16 bits per heavy atom. The summed E-state index contributed by atoms with van der Waals surface area (Å²) in [6, 6.07) is 13.1. The summed E-state index contributed by atoms with van der Waals surface area (Å²) in [5, 5.41) is 3.27. The van der Waals surface area contributed by atoms with Crippen LogP contribution in [0.2, 0.25) is 0 Å². The highest BCUT2D eigenvalue weighted by molar-refractivity contribution is 9.10. The molecule has 2 rings (SSSR count). The van der Waals surface area contributed by atoms with Crippen LogP contribution in [0.3, 0.4) is 0 Å². The van der Waals surface area contributed by atoms with E-state index in [1.165, 1.54) is 0 Å². The van der Waals surface area contributed by atoms with Crippen molar-refractivity contribution in [2.45, 2.75) is 19.9 Å². The second kappa shape index (κ2) is 6.83. The largest absolute Gasteiger partial charge is 0.313 e. The van der Waals surface area contributed by atoms with Gasteiger partial charge >= 0.3 is 0 Å². The van der Waals surface area contributed by atoms with E-state index in [9.17, 15) is 4.39 Å². The van der Waals surface area contributed by atoms with Crippen LogP contribution < -0.4 is 5.32 Å². The lowest BCUT2D eigenvalue weighted by molar-refractivity contribution is 0.622. The maximum atomic E-state index is 14.1. The van der Waals surface area contributed by atoms with Crippen LogP contribution in [0.1, 0.15) is 18.9 Å². The Morgan fingerprint density at radius 2 is 2.00 bits per heavy atom. The molecule has 19 heavy (non-hydrogen) atoms. The molecule has 0 aromatic heterocycles. The highest BCUT2D eigenvalue weighted by atomic mass is 79.9. The molecule has 0 aliphatic rings. The van der Waals surface area contributed by atoms with Crippen LogP contribution in [0.4, 0.5) is 4.39 Å². The molecule has 0 saturated heterocycles. The van der Waals surface area contributed by atoms with Gasteiger partial charge in [-0.2, -0.15) is 0 Å². The lowest BCUT2D eigenvalue weighted by atomic mass is 10.0. The molecule has 0 heterocycles. The van der Waals surface area contributed by atoms with Gasteiger partial charge in [0.15, 0.2) is 0 Å². The number of hydrogen-bond acceptors (Lipinski definition) is 1. The fourth-order valence-corrected chi connectivity index (χ4v) is 2.37. The lowest BCUT2D eigenvalue weighted by Gasteiger charge is -2.08. The third-order valence-corrected chi connectivity index (χ3v) is 3.42. The van der Waals surface area contributed by atoms with E-state index in [4.69, 9.17) is 0 Å². The summed E-state index contributed by atoms with van der Waals surface area (Å²) in [7, 11) is 0. The van der Waals surface area contributed by atoms with Crippen molar-refractivity contribution in [2.75, 3.05) is 6.54 Å². The number of rotatable bonds is 5. The van der Waals surface area contributed by atoms with Gasteiger partial charge in [-0.15, -0.1) is 0 Å². The lowest BCUT2D eigenvalue weighted by Crippen LogP contribution is -2.13. The molecular weight excluding hydrogens is 305 g/mol. The zero-order chi connectivity index (χ0) is 13.7. The molecule has 0 unspecified atom stereocenters. The van der Waals surface area contributed by atoms with E-state index in [1.807, 2.05) is 36.4 Å². The number of nitrogens with one attached hydrogen (secondary N) is 1. The van der Waals surface area contributed by atoms with Gasteiger partial charge in [0, 0.05) is 16.6 Å². The third-order valence-electron chi connectivity index (χ3n) is 2.93. The van der Waals surface area contributed by atoms with Crippen molar-refractivity contribution < 1.29 is 4.39 Å². The summed E-state index contributed by atoms with van der Waals surface area (Å²) in [5.41, 5.74) is 2.50. The van der Waals surface area contributed by atoms with Gasteiger partial charge in [-0.1, -0.05) is 47.1 Å². The topological polar surface area (TPSA) is 12.0 Å². The number of hydrogen-bond donors (Lipinski definition) is 1. The second-order valence-corrected chi connectivity index (χ2v) is 5.42. The van der Waals surface area contributed by atoms with E-state index < -0.39 is 0 Å². The summed E-state index contributed by atoms with van der Waals surface area (Å²) in [4.78, 5) is 0. The average molecular weight is 322 g/mol. The van der Waals surface area contributed by atoms with Crippen LogP contribution >= 0.6 is 15.9 Å². The molecule has 0 atom stereocenters. The molecule has 2 aromatic rings. The molecule has 0 fully saturated rings. The molecule has 100 valence electrons. The smallest absolute Gasteiger partial charge is 0.131 e. The van der Waals surface area contributed by atoms with Crippen LogP contribution in [0.25, 0.3) is 11.1 Å². The van der Waals surface area contributed by atoms with E-state index in [1.54, 1.807) is 6.07 Å². The first-order chi connectivity index (χ1) is 9.20. The molecule has 3 heteroatoms. The van der Waals surface area contributed by atoms with Gasteiger partial charge in [0.05, 0.1) is 0 Å². The van der Waals surface area contributed by atoms with Crippen molar-refractivity contribution in [2.24, 2.45) is 0 Å². The van der Waals surface area contributed by atoms with Crippen molar-refractivity contribution >= 4 is 15.9 Å². The highest BCUT2D eigenvalue weighted by Gasteiger charge is 2.06. The van der Waals surface area contributed by atoms with Gasteiger partial charge in [-0.3, -0.25) is 0 Å². The third kappa shape index (κ3) is 3.88. The minimum absolute atomic E-state index is 0.172. The zero-order valence-electron chi connectivity index (χ0n) is 10.9. The number of benzene rings is 2. The molecule has 0 aliphatic carbocycles. The normalized spacial score (nSPS) is 10.7. The predicted molar refractivity (Wildman–Crippen MR) is 81.5 cm³/mol. The molecule has 0 aliphatic heterocycles. The van der Waals surface area contributed by atoms with Crippen LogP contribution in [0, 0.1) is 5.82 Å².